The summed E-state index contributed by atoms with van der Waals surface area (Å²) in [5, 5.41) is 15.3. The Bertz CT molecular complexity index is 871. The highest BCUT2D eigenvalue weighted by Crippen LogP contribution is 2.29. The van der Waals surface area contributed by atoms with E-state index in [4.69, 9.17) is 0 Å². The Balaban J connectivity index is 1.84. The highest BCUT2D eigenvalue weighted by Gasteiger charge is 2.39. The average molecular weight is 376 g/mol. The van der Waals surface area contributed by atoms with Crippen molar-refractivity contribution in [3.63, 3.8) is 0 Å². The Hall–Kier alpha value is -2.89. The van der Waals surface area contributed by atoms with Gasteiger partial charge in [0.1, 0.15) is 0 Å². The molecule has 0 aliphatic heterocycles. The quantitative estimate of drug-likeness (QED) is 0.391. The number of hydrogen-bond donors (Lipinski definition) is 2. The third-order valence-electron chi connectivity index (χ3n) is 4.21. The molecule has 0 radical (unpaired) electrons. The van der Waals surface area contributed by atoms with Crippen molar-refractivity contribution in [3.05, 3.63) is 102 Å². The Labute approximate surface area is 162 Å². The van der Waals surface area contributed by atoms with E-state index in [1.54, 1.807) is 66.5 Å². The van der Waals surface area contributed by atoms with Gasteiger partial charge in [-0.15, -0.1) is 11.8 Å². The predicted molar refractivity (Wildman–Crippen MR) is 110 cm³/mol. The number of hydrogen-bond acceptors (Lipinski definition) is 4. The third kappa shape index (κ3) is 4.27. The first kappa shape index (κ1) is 18.9. The van der Waals surface area contributed by atoms with Gasteiger partial charge in [0.05, 0.1) is 6.21 Å². The van der Waals surface area contributed by atoms with Crippen LogP contribution in [0.3, 0.4) is 0 Å². The molecule has 3 aromatic carbocycles. The summed E-state index contributed by atoms with van der Waals surface area (Å²) in [6, 6.07) is 25.5. The maximum absolute atomic E-state index is 12.9. The predicted octanol–water partition coefficient (Wildman–Crippen LogP) is 3.79. The van der Waals surface area contributed by atoms with Crippen molar-refractivity contribution < 1.29 is 9.90 Å². The van der Waals surface area contributed by atoms with Gasteiger partial charge >= 0.3 is 0 Å². The second-order valence-electron chi connectivity index (χ2n) is 5.91. The molecule has 0 unspecified atom stereocenters. The maximum atomic E-state index is 12.9. The van der Waals surface area contributed by atoms with Gasteiger partial charge in [0.2, 0.25) is 0 Å². The Morgan fingerprint density at radius 3 is 1.93 bits per heavy atom. The molecule has 1 amide bonds. The van der Waals surface area contributed by atoms with Crippen LogP contribution in [-0.2, 0) is 10.4 Å². The molecule has 0 spiro atoms. The van der Waals surface area contributed by atoms with Gasteiger partial charge in [-0.3, -0.25) is 4.79 Å². The van der Waals surface area contributed by atoms with Crippen molar-refractivity contribution in [2.45, 2.75) is 10.5 Å². The number of nitrogens with zero attached hydrogens (tertiary/aromatic N) is 1. The fourth-order valence-electron chi connectivity index (χ4n) is 2.72. The largest absolute Gasteiger partial charge is 0.372 e. The van der Waals surface area contributed by atoms with E-state index in [2.05, 4.69) is 10.5 Å². The first-order valence-electron chi connectivity index (χ1n) is 8.45. The maximum Gasteiger partial charge on any atom is 0.281 e. The summed E-state index contributed by atoms with van der Waals surface area (Å²) in [5.41, 5.74) is 2.46. The van der Waals surface area contributed by atoms with Gasteiger partial charge in [-0.05, 0) is 35.1 Å². The molecule has 0 fully saturated rings. The van der Waals surface area contributed by atoms with Gasteiger partial charge < -0.3 is 5.11 Å². The standard InChI is InChI=1S/C22H20N2O2S/c1-27-20-14-12-17(13-15-20)16-23-24-21(25)22(26,18-8-4-2-5-9-18)19-10-6-3-7-11-19/h2-16,26H,1H3,(H,24,25)/b23-16+. The number of rotatable bonds is 6. The number of amides is 1. The van der Waals surface area contributed by atoms with Crippen molar-refractivity contribution in [1.82, 2.24) is 5.43 Å². The Kier molecular flexibility index (Phi) is 6.06. The summed E-state index contributed by atoms with van der Waals surface area (Å²) < 4.78 is 0. The number of carbonyl (C=O) groups is 1. The van der Waals surface area contributed by atoms with E-state index in [1.807, 2.05) is 42.7 Å². The molecule has 0 saturated heterocycles. The molecular weight excluding hydrogens is 356 g/mol. The fraction of sp³-hybridized carbons (Fsp3) is 0.0909. The highest BCUT2D eigenvalue weighted by molar-refractivity contribution is 7.98. The molecule has 5 heteroatoms. The van der Waals surface area contributed by atoms with E-state index in [9.17, 15) is 9.90 Å². The normalized spacial score (nSPS) is 11.5. The van der Waals surface area contributed by atoms with Gasteiger partial charge in [-0.25, -0.2) is 5.43 Å². The molecule has 0 heterocycles. The molecule has 2 N–H and O–H groups in total. The van der Waals surface area contributed by atoms with Gasteiger partial charge in [0.25, 0.3) is 5.91 Å². The minimum Gasteiger partial charge on any atom is -0.372 e. The molecule has 136 valence electrons. The zero-order valence-corrected chi connectivity index (χ0v) is 15.7. The van der Waals surface area contributed by atoms with Crippen LogP contribution < -0.4 is 5.43 Å². The topological polar surface area (TPSA) is 61.7 Å². The van der Waals surface area contributed by atoms with Crippen LogP contribution in [0.4, 0.5) is 0 Å². The van der Waals surface area contributed by atoms with E-state index in [0.717, 1.165) is 10.5 Å². The van der Waals surface area contributed by atoms with Crippen molar-refractivity contribution >= 4 is 23.9 Å². The van der Waals surface area contributed by atoms with Crippen LogP contribution in [0.25, 0.3) is 0 Å². The molecular formula is C22H20N2O2S. The van der Waals surface area contributed by atoms with Crippen LogP contribution in [0.2, 0.25) is 0 Å². The molecule has 0 aliphatic rings. The molecule has 0 saturated carbocycles. The average Bonchev–Trinajstić information content (AvgIpc) is 2.74. The molecule has 0 atom stereocenters. The summed E-state index contributed by atoms with van der Waals surface area (Å²) >= 11 is 1.66. The molecule has 3 rings (SSSR count). The van der Waals surface area contributed by atoms with Gasteiger partial charge in [-0.2, -0.15) is 5.10 Å². The molecule has 0 bridgehead atoms. The summed E-state index contributed by atoms with van der Waals surface area (Å²) in [6.07, 6.45) is 3.57. The minimum atomic E-state index is -1.83. The molecule has 4 nitrogen and oxygen atoms in total. The van der Waals surface area contributed by atoms with Gasteiger partial charge in [0, 0.05) is 4.90 Å². The number of carbonyl (C=O) groups excluding carboxylic acids is 1. The molecule has 0 aliphatic carbocycles. The summed E-state index contributed by atoms with van der Waals surface area (Å²) in [5.74, 6) is -0.614. The number of benzene rings is 3. The van der Waals surface area contributed by atoms with Crippen molar-refractivity contribution in [3.8, 4) is 0 Å². The van der Waals surface area contributed by atoms with Crippen molar-refractivity contribution in [2.24, 2.45) is 5.10 Å². The lowest BCUT2D eigenvalue weighted by Crippen LogP contribution is -2.43. The lowest BCUT2D eigenvalue weighted by atomic mass is 9.85. The fourth-order valence-corrected chi connectivity index (χ4v) is 3.13. The zero-order valence-electron chi connectivity index (χ0n) is 14.9. The number of nitrogens with one attached hydrogen (secondary N) is 1. The first-order valence-corrected chi connectivity index (χ1v) is 9.68. The second-order valence-corrected chi connectivity index (χ2v) is 6.79. The van der Waals surface area contributed by atoms with Crippen LogP contribution in [-0.4, -0.2) is 23.5 Å². The lowest BCUT2D eigenvalue weighted by Gasteiger charge is -2.27. The summed E-state index contributed by atoms with van der Waals surface area (Å²) in [4.78, 5) is 14.0. The minimum absolute atomic E-state index is 0.480. The highest BCUT2D eigenvalue weighted by atomic mass is 32.2. The molecule has 3 aromatic rings. The van der Waals surface area contributed by atoms with Gasteiger partial charge in [0.15, 0.2) is 5.60 Å². The van der Waals surface area contributed by atoms with Crippen LogP contribution in [0.5, 0.6) is 0 Å². The number of aliphatic hydroxyl groups is 1. The molecule has 27 heavy (non-hydrogen) atoms. The van der Waals surface area contributed by atoms with Crippen molar-refractivity contribution in [1.29, 1.82) is 0 Å². The summed E-state index contributed by atoms with van der Waals surface area (Å²) in [6.45, 7) is 0. The van der Waals surface area contributed by atoms with Crippen molar-refractivity contribution in [2.75, 3.05) is 6.26 Å². The monoisotopic (exact) mass is 376 g/mol. The Morgan fingerprint density at radius 2 is 1.44 bits per heavy atom. The number of thioether (sulfide) groups is 1. The SMILES string of the molecule is CSc1ccc(/C=N/NC(=O)C(O)(c2ccccc2)c2ccccc2)cc1. The van der Waals surface area contributed by atoms with E-state index >= 15 is 0 Å². The van der Waals surface area contributed by atoms with Crippen LogP contribution in [0.15, 0.2) is 94.9 Å². The zero-order chi connectivity index (χ0) is 19.1. The smallest absolute Gasteiger partial charge is 0.281 e. The van der Waals surface area contributed by atoms with Crippen LogP contribution in [0.1, 0.15) is 16.7 Å². The van der Waals surface area contributed by atoms with E-state index in [1.165, 1.54) is 0 Å². The van der Waals surface area contributed by atoms with E-state index in [-0.39, 0.29) is 0 Å². The van der Waals surface area contributed by atoms with Gasteiger partial charge in [-0.1, -0.05) is 72.8 Å². The summed E-state index contributed by atoms with van der Waals surface area (Å²) in [7, 11) is 0. The number of hydrazone groups is 1. The Morgan fingerprint density at radius 1 is 0.926 bits per heavy atom. The second kappa shape index (κ2) is 8.66. The first-order chi connectivity index (χ1) is 13.1. The van der Waals surface area contributed by atoms with E-state index in [0.29, 0.717) is 11.1 Å². The van der Waals surface area contributed by atoms with Crippen LogP contribution in [0, 0.1) is 0 Å². The lowest BCUT2D eigenvalue weighted by molar-refractivity contribution is -0.136. The third-order valence-corrected chi connectivity index (χ3v) is 4.95. The molecule has 0 aromatic heterocycles. The van der Waals surface area contributed by atoms with Crippen LogP contribution >= 0.6 is 11.8 Å². The van der Waals surface area contributed by atoms with E-state index < -0.39 is 11.5 Å².